The predicted octanol–water partition coefficient (Wildman–Crippen LogP) is 3.10. The van der Waals surface area contributed by atoms with E-state index >= 15 is 0 Å². The maximum absolute atomic E-state index is 12.1. The molecule has 0 atom stereocenters. The van der Waals surface area contributed by atoms with Gasteiger partial charge in [0.1, 0.15) is 11.6 Å². The number of hydrogen-bond donors (Lipinski definition) is 1. The van der Waals surface area contributed by atoms with Gasteiger partial charge in [0, 0.05) is 23.7 Å². The van der Waals surface area contributed by atoms with Crippen molar-refractivity contribution in [2.75, 3.05) is 11.1 Å². The lowest BCUT2D eigenvalue weighted by atomic mass is 10.1. The van der Waals surface area contributed by atoms with Crippen molar-refractivity contribution in [3.8, 4) is 6.07 Å². The molecule has 0 saturated heterocycles. The summed E-state index contributed by atoms with van der Waals surface area (Å²) in [7, 11) is 0. The molecule has 0 aliphatic heterocycles. The standard InChI is InChI=1S/C14H11N5O3S2/c1-2-23-14-17-13(24-18-14)16-12(20)10(8-15)7-9-3-5-11(6-4-9)19(21)22/h3-7H,2H2,1H3,(H,16,17,18,20)/b10-7-. The number of non-ortho nitro benzene ring substituents is 1. The Labute approximate surface area is 145 Å². The molecule has 1 N–H and O–H groups in total. The SMILES string of the molecule is CCSc1nsc(NC(=O)/C(C#N)=C\c2ccc([N+](=O)[O-])cc2)n1. The summed E-state index contributed by atoms with van der Waals surface area (Å²) in [6, 6.07) is 7.34. The van der Waals surface area contributed by atoms with Crippen LogP contribution in [0.1, 0.15) is 12.5 Å². The average molecular weight is 361 g/mol. The van der Waals surface area contributed by atoms with Crippen molar-refractivity contribution in [2.24, 2.45) is 0 Å². The molecule has 0 aliphatic rings. The zero-order valence-corrected chi connectivity index (χ0v) is 14.1. The summed E-state index contributed by atoms with van der Waals surface area (Å²) in [4.78, 5) is 26.3. The number of carbonyl (C=O) groups is 1. The summed E-state index contributed by atoms with van der Waals surface area (Å²) in [6.45, 7) is 1.96. The lowest BCUT2D eigenvalue weighted by molar-refractivity contribution is -0.384. The summed E-state index contributed by atoms with van der Waals surface area (Å²) >= 11 is 2.48. The smallest absolute Gasteiger partial charge is 0.269 e. The van der Waals surface area contributed by atoms with Gasteiger partial charge in [0.15, 0.2) is 0 Å². The van der Waals surface area contributed by atoms with Gasteiger partial charge in [-0.2, -0.15) is 14.6 Å². The maximum Gasteiger partial charge on any atom is 0.269 e. The van der Waals surface area contributed by atoms with Crippen LogP contribution in [-0.4, -0.2) is 25.9 Å². The van der Waals surface area contributed by atoms with Crippen LogP contribution < -0.4 is 5.32 Å². The molecule has 2 aromatic rings. The Hall–Kier alpha value is -2.77. The topological polar surface area (TPSA) is 122 Å². The van der Waals surface area contributed by atoms with Crippen molar-refractivity contribution in [2.45, 2.75) is 12.1 Å². The van der Waals surface area contributed by atoms with Crippen molar-refractivity contribution in [3.05, 3.63) is 45.5 Å². The van der Waals surface area contributed by atoms with Crippen LogP contribution in [0, 0.1) is 21.4 Å². The van der Waals surface area contributed by atoms with Crippen molar-refractivity contribution < 1.29 is 9.72 Å². The normalized spacial score (nSPS) is 10.9. The number of benzene rings is 1. The van der Waals surface area contributed by atoms with E-state index < -0.39 is 10.8 Å². The third-order valence-corrected chi connectivity index (χ3v) is 4.16. The highest BCUT2D eigenvalue weighted by molar-refractivity contribution is 7.99. The first kappa shape index (κ1) is 17.6. The molecule has 122 valence electrons. The van der Waals surface area contributed by atoms with E-state index in [2.05, 4.69) is 14.7 Å². The van der Waals surface area contributed by atoms with Crippen LogP contribution >= 0.6 is 23.3 Å². The van der Waals surface area contributed by atoms with Gasteiger partial charge >= 0.3 is 0 Å². The van der Waals surface area contributed by atoms with E-state index in [1.54, 1.807) is 6.07 Å². The summed E-state index contributed by atoms with van der Waals surface area (Å²) in [5.41, 5.74) is 0.306. The number of thioether (sulfide) groups is 1. The van der Waals surface area contributed by atoms with Gasteiger partial charge in [-0.05, 0) is 29.5 Å². The monoisotopic (exact) mass is 361 g/mol. The molecule has 0 fully saturated rings. The first-order valence-corrected chi connectivity index (χ1v) is 8.43. The van der Waals surface area contributed by atoms with Gasteiger partial charge in [-0.1, -0.05) is 18.7 Å². The van der Waals surface area contributed by atoms with Crippen LogP contribution in [0.4, 0.5) is 10.8 Å². The molecule has 8 nitrogen and oxygen atoms in total. The number of nitrogens with zero attached hydrogens (tertiary/aromatic N) is 4. The van der Waals surface area contributed by atoms with Crippen LogP contribution in [-0.2, 0) is 4.79 Å². The molecule has 0 unspecified atom stereocenters. The number of nitro benzene ring substituents is 1. The minimum absolute atomic E-state index is 0.0649. The largest absolute Gasteiger partial charge is 0.296 e. The Morgan fingerprint density at radius 3 is 2.79 bits per heavy atom. The van der Waals surface area contributed by atoms with Gasteiger partial charge in [-0.25, -0.2) is 0 Å². The molecule has 24 heavy (non-hydrogen) atoms. The predicted molar refractivity (Wildman–Crippen MR) is 91.6 cm³/mol. The van der Waals surface area contributed by atoms with Crippen LogP contribution in [0.5, 0.6) is 0 Å². The molecule has 1 aromatic carbocycles. The second-order valence-electron chi connectivity index (χ2n) is 4.29. The molecule has 0 radical (unpaired) electrons. The van der Waals surface area contributed by atoms with Gasteiger partial charge in [-0.15, -0.1) is 0 Å². The second kappa shape index (κ2) is 8.19. The number of carbonyl (C=O) groups excluding carboxylic acids is 1. The number of amides is 1. The maximum atomic E-state index is 12.1. The molecule has 1 heterocycles. The van der Waals surface area contributed by atoms with Crippen molar-refractivity contribution in [1.82, 2.24) is 9.36 Å². The van der Waals surface area contributed by atoms with E-state index in [0.29, 0.717) is 15.9 Å². The van der Waals surface area contributed by atoms with Crippen LogP contribution in [0.25, 0.3) is 6.08 Å². The van der Waals surface area contributed by atoms with E-state index in [1.807, 2.05) is 6.92 Å². The van der Waals surface area contributed by atoms with E-state index in [1.165, 1.54) is 42.1 Å². The van der Waals surface area contributed by atoms with Crippen molar-refractivity contribution in [3.63, 3.8) is 0 Å². The molecule has 0 spiro atoms. The van der Waals surface area contributed by atoms with Crippen molar-refractivity contribution in [1.29, 1.82) is 5.26 Å². The molecular weight excluding hydrogens is 350 g/mol. The quantitative estimate of drug-likeness (QED) is 0.276. The van der Waals surface area contributed by atoms with Gasteiger partial charge in [0.05, 0.1) is 4.92 Å². The number of nitro groups is 1. The molecule has 1 amide bonds. The summed E-state index contributed by atoms with van der Waals surface area (Å²) in [6.07, 6.45) is 1.35. The van der Waals surface area contributed by atoms with Gasteiger partial charge in [0.2, 0.25) is 10.3 Å². The summed E-state index contributed by atoms with van der Waals surface area (Å²) in [5, 5.41) is 23.1. The first-order chi connectivity index (χ1) is 11.5. The van der Waals surface area contributed by atoms with Crippen LogP contribution in [0.15, 0.2) is 35.0 Å². The van der Waals surface area contributed by atoms with E-state index in [9.17, 15) is 14.9 Å². The third-order valence-electron chi connectivity index (χ3n) is 2.68. The third kappa shape index (κ3) is 4.61. The lowest BCUT2D eigenvalue weighted by Crippen LogP contribution is -2.13. The number of aromatic nitrogens is 2. The van der Waals surface area contributed by atoms with Crippen LogP contribution in [0.2, 0.25) is 0 Å². The highest BCUT2D eigenvalue weighted by atomic mass is 32.2. The Morgan fingerprint density at radius 1 is 1.50 bits per heavy atom. The minimum atomic E-state index is -0.611. The average Bonchev–Trinajstić information content (AvgIpc) is 3.00. The molecular formula is C14H11N5O3S2. The number of nitrogens with one attached hydrogen (secondary N) is 1. The summed E-state index contributed by atoms with van der Waals surface area (Å²) < 4.78 is 4.07. The number of rotatable bonds is 6. The highest BCUT2D eigenvalue weighted by Gasteiger charge is 2.13. The van der Waals surface area contributed by atoms with E-state index in [0.717, 1.165) is 17.3 Å². The first-order valence-electron chi connectivity index (χ1n) is 6.67. The molecule has 2 rings (SSSR count). The summed E-state index contributed by atoms with van der Waals surface area (Å²) in [5.74, 6) is 0.202. The van der Waals surface area contributed by atoms with Crippen molar-refractivity contribution >= 4 is 46.1 Å². The van der Waals surface area contributed by atoms with E-state index in [-0.39, 0.29) is 11.3 Å². The molecule has 0 aliphatic carbocycles. The zero-order valence-electron chi connectivity index (χ0n) is 12.4. The fourth-order valence-corrected chi connectivity index (χ4v) is 2.89. The van der Waals surface area contributed by atoms with Gasteiger partial charge in [0.25, 0.3) is 11.6 Å². The number of nitriles is 1. The fourth-order valence-electron chi connectivity index (χ4n) is 1.62. The second-order valence-corrected chi connectivity index (χ2v) is 6.27. The minimum Gasteiger partial charge on any atom is -0.296 e. The molecule has 0 saturated carbocycles. The number of hydrogen-bond acceptors (Lipinski definition) is 8. The molecule has 0 bridgehead atoms. The van der Waals surface area contributed by atoms with E-state index in [4.69, 9.17) is 5.26 Å². The number of anilines is 1. The molecule has 1 aromatic heterocycles. The fraction of sp³-hybridized carbons (Fsp3) is 0.143. The molecule has 10 heteroatoms. The van der Waals surface area contributed by atoms with Gasteiger partial charge < -0.3 is 0 Å². The van der Waals surface area contributed by atoms with Gasteiger partial charge in [-0.3, -0.25) is 20.2 Å². The highest BCUT2D eigenvalue weighted by Crippen LogP contribution is 2.20. The Kier molecular flexibility index (Phi) is 6.00. The Balaban J connectivity index is 2.12. The lowest BCUT2D eigenvalue weighted by Gasteiger charge is -2.00. The zero-order chi connectivity index (χ0) is 17.5. The van der Waals surface area contributed by atoms with Crippen LogP contribution in [0.3, 0.4) is 0 Å². The Morgan fingerprint density at radius 2 is 2.21 bits per heavy atom. The Bertz CT molecular complexity index is 824.